The molecular formula is C26H16Cl2FN3O3. The zero-order valence-corrected chi connectivity index (χ0v) is 19.7. The van der Waals surface area contributed by atoms with Gasteiger partial charge in [-0.05, 0) is 37.3 Å². The van der Waals surface area contributed by atoms with Gasteiger partial charge in [0.1, 0.15) is 27.9 Å². The van der Waals surface area contributed by atoms with Gasteiger partial charge in [0, 0.05) is 27.4 Å². The Hall–Kier alpha value is -3.81. The number of halogens is 3. The van der Waals surface area contributed by atoms with Gasteiger partial charge < -0.3 is 9.72 Å². The molecule has 0 fully saturated rings. The van der Waals surface area contributed by atoms with Crippen molar-refractivity contribution in [3.63, 3.8) is 0 Å². The van der Waals surface area contributed by atoms with Crippen molar-refractivity contribution in [2.75, 3.05) is 6.61 Å². The van der Waals surface area contributed by atoms with Crippen molar-refractivity contribution in [1.82, 2.24) is 15.0 Å². The quantitative estimate of drug-likeness (QED) is 0.224. The minimum atomic E-state index is -0.813. The van der Waals surface area contributed by atoms with Gasteiger partial charge in [-0.1, -0.05) is 47.5 Å². The molecule has 2 heterocycles. The second kappa shape index (κ2) is 9.09. The lowest BCUT2D eigenvalue weighted by Gasteiger charge is -2.14. The van der Waals surface area contributed by atoms with E-state index in [1.807, 2.05) is 0 Å². The van der Waals surface area contributed by atoms with Crippen LogP contribution in [0.4, 0.5) is 4.39 Å². The SMILES string of the molecule is CCOC(=O)c1cnc2c(cc(F)c3[nH]c(-c4ccc(Cl)cc4)c(-c4ccc(Cl)cc4)nc32)c1=O. The van der Waals surface area contributed by atoms with Crippen LogP contribution in [0.1, 0.15) is 17.3 Å². The largest absolute Gasteiger partial charge is 0.462 e. The van der Waals surface area contributed by atoms with Crippen LogP contribution in [0, 0.1) is 5.82 Å². The number of hydrogen-bond acceptors (Lipinski definition) is 5. The Labute approximate surface area is 208 Å². The molecule has 1 N–H and O–H groups in total. The molecule has 5 rings (SSSR count). The number of rotatable bonds is 4. The predicted octanol–water partition coefficient (Wildman–Crippen LogP) is 6.43. The van der Waals surface area contributed by atoms with Crippen LogP contribution in [0.3, 0.4) is 0 Å². The Morgan fingerprint density at radius 1 is 1.00 bits per heavy atom. The Morgan fingerprint density at radius 3 is 2.26 bits per heavy atom. The monoisotopic (exact) mass is 507 g/mol. The highest BCUT2D eigenvalue weighted by molar-refractivity contribution is 6.31. The summed E-state index contributed by atoms with van der Waals surface area (Å²) in [5, 5.41) is 1.03. The molecule has 6 nitrogen and oxygen atoms in total. The molecule has 0 aliphatic carbocycles. The van der Waals surface area contributed by atoms with Crippen LogP contribution < -0.4 is 5.43 Å². The van der Waals surface area contributed by atoms with Crippen molar-refractivity contribution in [1.29, 1.82) is 0 Å². The van der Waals surface area contributed by atoms with Crippen LogP contribution in [-0.4, -0.2) is 27.5 Å². The topological polar surface area (TPSA) is 84.9 Å². The molecule has 0 aliphatic heterocycles. The number of aromatic amines is 1. The van der Waals surface area contributed by atoms with Crippen molar-refractivity contribution >= 4 is 51.1 Å². The summed E-state index contributed by atoms with van der Waals surface area (Å²) in [5.41, 5.74) is 1.90. The maximum atomic E-state index is 15.3. The lowest BCUT2D eigenvalue weighted by atomic mass is 10.0. The number of H-pyrrole nitrogens is 1. The number of carbonyl (C=O) groups is 1. The van der Waals surface area contributed by atoms with Gasteiger partial charge in [-0.25, -0.2) is 14.2 Å². The molecule has 35 heavy (non-hydrogen) atoms. The smallest absolute Gasteiger partial charge is 0.343 e. The van der Waals surface area contributed by atoms with Gasteiger partial charge in [0.15, 0.2) is 0 Å². The molecule has 0 amide bonds. The second-order valence-electron chi connectivity index (χ2n) is 7.67. The van der Waals surface area contributed by atoms with Gasteiger partial charge >= 0.3 is 5.97 Å². The van der Waals surface area contributed by atoms with Crippen molar-refractivity contribution < 1.29 is 13.9 Å². The van der Waals surface area contributed by atoms with Gasteiger partial charge in [0.2, 0.25) is 5.43 Å². The highest BCUT2D eigenvalue weighted by Gasteiger charge is 2.21. The molecule has 5 aromatic rings. The zero-order chi connectivity index (χ0) is 24.7. The first kappa shape index (κ1) is 23.0. The molecule has 0 atom stereocenters. The zero-order valence-electron chi connectivity index (χ0n) is 18.2. The summed E-state index contributed by atoms with van der Waals surface area (Å²) < 4.78 is 20.3. The van der Waals surface area contributed by atoms with E-state index in [0.29, 0.717) is 27.0 Å². The van der Waals surface area contributed by atoms with Crippen LogP contribution in [0.2, 0.25) is 10.0 Å². The number of nitrogens with zero attached hydrogens (tertiary/aromatic N) is 2. The lowest BCUT2D eigenvalue weighted by molar-refractivity contribution is 0.0524. The Kier molecular flexibility index (Phi) is 5.96. The standard InChI is InChI=1S/C26H16Cl2FN3O3/c1-2-35-26(34)18-12-30-22-17(25(18)33)11-19(29)23-24(22)32-21(14-5-9-16(28)10-6-14)20(31-23)13-3-7-15(27)8-4-13/h3-12,31H,2H2,1H3. The molecule has 0 unspecified atom stereocenters. The molecule has 0 saturated carbocycles. The van der Waals surface area contributed by atoms with E-state index in [0.717, 1.165) is 17.8 Å². The molecular weight excluding hydrogens is 492 g/mol. The van der Waals surface area contributed by atoms with Crippen LogP contribution in [-0.2, 0) is 4.74 Å². The first-order valence-corrected chi connectivity index (χ1v) is 11.4. The Morgan fingerprint density at radius 2 is 1.63 bits per heavy atom. The van der Waals surface area contributed by atoms with Crippen molar-refractivity contribution in [2.24, 2.45) is 0 Å². The van der Waals surface area contributed by atoms with Crippen LogP contribution in [0.25, 0.3) is 44.5 Å². The molecule has 0 radical (unpaired) electrons. The molecule has 174 valence electrons. The fraction of sp³-hybridized carbons (Fsp3) is 0.0769. The summed E-state index contributed by atoms with van der Waals surface area (Å²) in [4.78, 5) is 37.3. The summed E-state index contributed by atoms with van der Waals surface area (Å²) in [6, 6.07) is 15.1. The molecule has 3 aromatic carbocycles. The van der Waals surface area contributed by atoms with E-state index >= 15 is 4.39 Å². The third-order valence-electron chi connectivity index (χ3n) is 5.49. The Balaban J connectivity index is 1.85. The minimum absolute atomic E-state index is 0.0657. The third kappa shape index (κ3) is 4.13. The first-order chi connectivity index (χ1) is 16.9. The summed E-state index contributed by atoms with van der Waals surface area (Å²) >= 11 is 12.1. The molecule has 0 spiro atoms. The van der Waals surface area contributed by atoms with Crippen LogP contribution in [0.15, 0.2) is 65.6 Å². The summed E-state index contributed by atoms with van der Waals surface area (Å²) in [6.45, 7) is 1.72. The third-order valence-corrected chi connectivity index (χ3v) is 6.00. The predicted molar refractivity (Wildman–Crippen MR) is 134 cm³/mol. The average molecular weight is 508 g/mol. The van der Waals surface area contributed by atoms with Crippen molar-refractivity contribution in [3.05, 3.63) is 92.4 Å². The van der Waals surface area contributed by atoms with Gasteiger partial charge in [-0.2, -0.15) is 0 Å². The maximum absolute atomic E-state index is 15.3. The number of benzene rings is 3. The van der Waals surface area contributed by atoms with Gasteiger partial charge in [0.05, 0.1) is 23.4 Å². The number of fused-ring (bicyclic) bond motifs is 3. The highest BCUT2D eigenvalue weighted by Crippen LogP contribution is 2.34. The van der Waals surface area contributed by atoms with Crippen molar-refractivity contribution in [2.45, 2.75) is 6.92 Å². The van der Waals surface area contributed by atoms with E-state index in [1.165, 1.54) is 0 Å². The molecule has 0 aliphatic rings. The van der Waals surface area contributed by atoms with E-state index in [1.54, 1.807) is 55.5 Å². The number of carbonyl (C=O) groups excluding carboxylic acids is 1. The number of aromatic nitrogens is 3. The first-order valence-electron chi connectivity index (χ1n) is 10.6. The fourth-order valence-electron chi connectivity index (χ4n) is 3.84. The lowest BCUT2D eigenvalue weighted by Crippen LogP contribution is -2.18. The summed E-state index contributed by atoms with van der Waals surface area (Å²) in [6.07, 6.45) is 1.14. The van der Waals surface area contributed by atoms with Gasteiger partial charge in [-0.3, -0.25) is 9.78 Å². The van der Waals surface area contributed by atoms with Crippen molar-refractivity contribution in [3.8, 4) is 22.5 Å². The molecule has 0 bridgehead atoms. The highest BCUT2D eigenvalue weighted by atomic mass is 35.5. The van der Waals surface area contributed by atoms with E-state index in [4.69, 9.17) is 32.9 Å². The van der Waals surface area contributed by atoms with E-state index in [2.05, 4.69) is 9.97 Å². The Bertz CT molecular complexity index is 1670. The maximum Gasteiger partial charge on any atom is 0.343 e. The minimum Gasteiger partial charge on any atom is -0.462 e. The average Bonchev–Trinajstić information content (AvgIpc) is 2.85. The van der Waals surface area contributed by atoms with E-state index in [9.17, 15) is 9.59 Å². The number of nitrogens with one attached hydrogen (secondary N) is 1. The molecule has 9 heteroatoms. The number of pyridine rings is 1. The summed E-state index contributed by atoms with van der Waals surface area (Å²) in [7, 11) is 0. The van der Waals surface area contributed by atoms with Crippen LogP contribution >= 0.6 is 23.2 Å². The number of esters is 1. The normalized spacial score (nSPS) is 11.2. The molecule has 2 aromatic heterocycles. The summed E-state index contributed by atoms with van der Waals surface area (Å²) in [5.74, 6) is -1.52. The number of hydrogen-bond donors (Lipinski definition) is 1. The van der Waals surface area contributed by atoms with E-state index < -0.39 is 17.2 Å². The number of ether oxygens (including phenoxy) is 1. The van der Waals surface area contributed by atoms with E-state index in [-0.39, 0.29) is 34.1 Å². The molecule has 0 saturated heterocycles. The fourth-order valence-corrected chi connectivity index (χ4v) is 4.09. The second-order valence-corrected chi connectivity index (χ2v) is 8.55. The van der Waals surface area contributed by atoms with Gasteiger partial charge in [0.25, 0.3) is 0 Å². The van der Waals surface area contributed by atoms with Crippen LogP contribution in [0.5, 0.6) is 0 Å². The van der Waals surface area contributed by atoms with Gasteiger partial charge in [-0.15, -0.1) is 0 Å².